The molecule has 0 radical (unpaired) electrons. The van der Waals surface area contributed by atoms with Crippen molar-refractivity contribution in [3.05, 3.63) is 90.6 Å². The van der Waals surface area contributed by atoms with Crippen LogP contribution in [0, 0.1) is 11.8 Å². The number of hydrogen-bond acceptors (Lipinski definition) is 4. The van der Waals surface area contributed by atoms with Crippen molar-refractivity contribution in [3.8, 4) is 0 Å². The molecule has 0 amide bonds. The van der Waals surface area contributed by atoms with Crippen LogP contribution in [0.25, 0.3) is 10.9 Å². The Hall–Kier alpha value is -2.69. The average Bonchev–Trinajstić information content (AvgIpc) is 2.83. The number of piperidine rings is 3. The zero-order valence-corrected chi connectivity index (χ0v) is 18.2. The van der Waals surface area contributed by atoms with Gasteiger partial charge in [-0.05, 0) is 55.5 Å². The van der Waals surface area contributed by atoms with E-state index in [1.807, 2.05) is 60.8 Å². The van der Waals surface area contributed by atoms with Crippen molar-refractivity contribution >= 4 is 29.3 Å². The van der Waals surface area contributed by atoms with Gasteiger partial charge in [-0.1, -0.05) is 42.5 Å². The summed E-state index contributed by atoms with van der Waals surface area (Å²) in [6, 6.07) is 19.5. The fraction of sp³-hybridized carbons (Fsp3) is 0.308. The van der Waals surface area contributed by atoms with Crippen molar-refractivity contribution < 1.29 is 9.53 Å². The maximum atomic E-state index is 13.1. The molecule has 31 heavy (non-hydrogen) atoms. The Labute approximate surface area is 189 Å². The van der Waals surface area contributed by atoms with Crippen molar-refractivity contribution in [1.82, 2.24) is 9.88 Å². The molecule has 3 saturated heterocycles. The fourth-order valence-corrected chi connectivity index (χ4v) is 5.17. The van der Waals surface area contributed by atoms with Gasteiger partial charge in [0.25, 0.3) is 0 Å². The van der Waals surface area contributed by atoms with Gasteiger partial charge in [-0.2, -0.15) is 0 Å². The summed E-state index contributed by atoms with van der Waals surface area (Å²) in [7, 11) is 0. The van der Waals surface area contributed by atoms with Gasteiger partial charge in [0.1, 0.15) is 6.10 Å². The highest BCUT2D eigenvalue weighted by molar-refractivity contribution is 5.90. The third-order valence-corrected chi connectivity index (χ3v) is 6.74. The predicted octanol–water partition coefficient (Wildman–Crippen LogP) is 5.45. The summed E-state index contributed by atoms with van der Waals surface area (Å²) in [4.78, 5) is 20.1. The second kappa shape index (κ2) is 9.21. The Kier molecular flexibility index (Phi) is 6.40. The molecule has 4 unspecified atom stereocenters. The number of aromatic nitrogens is 1. The Morgan fingerprint density at radius 3 is 2.65 bits per heavy atom. The van der Waals surface area contributed by atoms with E-state index in [1.165, 1.54) is 6.42 Å². The number of rotatable bonds is 5. The second-order valence-electron chi connectivity index (χ2n) is 8.36. The quantitative estimate of drug-likeness (QED) is 0.395. The minimum Gasteiger partial charge on any atom is -0.452 e. The highest BCUT2D eigenvalue weighted by Crippen LogP contribution is 2.43. The number of benzene rings is 2. The van der Waals surface area contributed by atoms with Gasteiger partial charge in [-0.25, -0.2) is 4.79 Å². The van der Waals surface area contributed by atoms with Crippen molar-refractivity contribution in [1.29, 1.82) is 0 Å². The third-order valence-electron chi connectivity index (χ3n) is 6.74. The largest absolute Gasteiger partial charge is 0.452 e. The molecule has 0 aliphatic carbocycles. The number of pyridine rings is 1. The van der Waals surface area contributed by atoms with Crippen molar-refractivity contribution in [3.63, 3.8) is 0 Å². The summed E-state index contributed by atoms with van der Waals surface area (Å²) in [5.74, 6) is 0.850. The van der Waals surface area contributed by atoms with Gasteiger partial charge in [-0.15, -0.1) is 19.0 Å². The number of nitrogens with zero attached hydrogens (tertiary/aromatic N) is 2. The van der Waals surface area contributed by atoms with Gasteiger partial charge >= 0.3 is 5.97 Å². The van der Waals surface area contributed by atoms with E-state index >= 15 is 0 Å². The molecule has 3 aromatic rings. The number of carbonyl (C=O) groups is 1. The number of esters is 1. The molecule has 3 aliphatic heterocycles. The number of hydrogen-bond donors (Lipinski definition) is 0. The molecule has 5 heteroatoms. The van der Waals surface area contributed by atoms with Crippen LogP contribution in [0.2, 0.25) is 0 Å². The topological polar surface area (TPSA) is 42.4 Å². The molecule has 5 atom stereocenters. The molecule has 160 valence electrons. The molecule has 0 spiro atoms. The average molecular weight is 435 g/mol. The summed E-state index contributed by atoms with van der Waals surface area (Å²) in [5, 5.41) is 1.05. The zero-order chi connectivity index (χ0) is 20.5. The van der Waals surface area contributed by atoms with Crippen molar-refractivity contribution in [2.24, 2.45) is 11.8 Å². The molecule has 0 N–H and O–H groups in total. The van der Waals surface area contributed by atoms with Crippen molar-refractivity contribution in [2.75, 3.05) is 13.1 Å². The third kappa shape index (κ3) is 4.10. The van der Waals surface area contributed by atoms with E-state index in [-0.39, 0.29) is 30.5 Å². The minimum atomic E-state index is -0.334. The van der Waals surface area contributed by atoms with E-state index in [1.54, 1.807) is 0 Å². The van der Waals surface area contributed by atoms with Crippen LogP contribution in [-0.2, 0) is 4.74 Å². The predicted molar refractivity (Wildman–Crippen MR) is 125 cm³/mol. The van der Waals surface area contributed by atoms with Crippen LogP contribution in [0.4, 0.5) is 0 Å². The zero-order valence-electron chi connectivity index (χ0n) is 17.4. The minimum absolute atomic E-state index is 0. The van der Waals surface area contributed by atoms with Crippen LogP contribution in [0.15, 0.2) is 79.5 Å². The molecular weight excluding hydrogens is 408 g/mol. The summed E-state index contributed by atoms with van der Waals surface area (Å²) in [6.45, 7) is 6.07. The van der Waals surface area contributed by atoms with Crippen LogP contribution < -0.4 is 0 Å². The molecule has 3 aliphatic rings. The standard InChI is InChI=1S/C26H26N2O2.ClH/c1-2-18-17-28-15-13-20(18)16-24(28)25(30-26(29)19-8-4-3-5-9-19)22-12-14-27-23-11-7-6-10-21(22)23;/h2-12,14,18,20,24-25H,1,13,15-17H2;1H/t18?,20?,24?,25-;/m0./s1. The Morgan fingerprint density at radius 1 is 1.13 bits per heavy atom. The molecule has 6 rings (SSSR count). The van der Waals surface area contributed by atoms with E-state index < -0.39 is 0 Å². The summed E-state index contributed by atoms with van der Waals surface area (Å²) in [5.41, 5.74) is 2.55. The summed E-state index contributed by atoms with van der Waals surface area (Å²) >= 11 is 0. The first kappa shape index (κ1) is 21.5. The number of para-hydroxylation sites is 1. The van der Waals surface area contributed by atoms with Gasteiger partial charge in [0.2, 0.25) is 0 Å². The lowest BCUT2D eigenvalue weighted by atomic mass is 9.73. The number of carbonyl (C=O) groups excluding carboxylic acids is 1. The van der Waals surface area contributed by atoms with Crippen molar-refractivity contribution in [2.45, 2.75) is 25.0 Å². The van der Waals surface area contributed by atoms with Crippen LogP contribution in [0.3, 0.4) is 0 Å². The van der Waals surface area contributed by atoms with Gasteiger partial charge in [0, 0.05) is 23.7 Å². The smallest absolute Gasteiger partial charge is 0.338 e. The van der Waals surface area contributed by atoms with Crippen LogP contribution in [0.5, 0.6) is 0 Å². The molecule has 4 nitrogen and oxygen atoms in total. The number of ether oxygens (including phenoxy) is 1. The van der Waals surface area contributed by atoms with Gasteiger partial charge in [-0.3, -0.25) is 9.88 Å². The molecule has 2 aromatic carbocycles. The molecule has 3 fully saturated rings. The molecule has 2 bridgehead atoms. The van der Waals surface area contributed by atoms with E-state index in [0.717, 1.165) is 36.0 Å². The van der Waals surface area contributed by atoms with Crippen LogP contribution in [0.1, 0.15) is 34.9 Å². The normalized spacial score (nSPS) is 25.4. The monoisotopic (exact) mass is 434 g/mol. The van der Waals surface area contributed by atoms with E-state index in [4.69, 9.17) is 4.74 Å². The lowest BCUT2D eigenvalue weighted by Gasteiger charge is -2.51. The maximum absolute atomic E-state index is 13.1. The molecule has 0 saturated carbocycles. The Bertz CT molecular complexity index is 1070. The Balaban J connectivity index is 0.00000231. The first-order valence-corrected chi connectivity index (χ1v) is 10.7. The highest BCUT2D eigenvalue weighted by Gasteiger charge is 2.44. The van der Waals surface area contributed by atoms with Crippen LogP contribution in [-0.4, -0.2) is 35.0 Å². The van der Waals surface area contributed by atoms with E-state index in [9.17, 15) is 4.79 Å². The second-order valence-corrected chi connectivity index (χ2v) is 8.36. The SMILES string of the molecule is C=CC1CN2CCC1CC2[C@@H](OC(=O)c1ccccc1)c1ccnc2ccccc12.Cl. The van der Waals surface area contributed by atoms with Gasteiger partial charge < -0.3 is 4.74 Å². The fourth-order valence-electron chi connectivity index (χ4n) is 5.17. The van der Waals surface area contributed by atoms with Gasteiger partial charge in [0.05, 0.1) is 17.1 Å². The number of fused-ring (bicyclic) bond motifs is 4. The van der Waals surface area contributed by atoms with Gasteiger partial charge in [0.15, 0.2) is 0 Å². The molecule has 1 aromatic heterocycles. The maximum Gasteiger partial charge on any atom is 0.338 e. The summed E-state index contributed by atoms with van der Waals surface area (Å²) in [6.07, 6.45) is 5.78. The lowest BCUT2D eigenvalue weighted by Crippen LogP contribution is -2.55. The summed E-state index contributed by atoms with van der Waals surface area (Å²) < 4.78 is 6.26. The highest BCUT2D eigenvalue weighted by atomic mass is 35.5. The van der Waals surface area contributed by atoms with E-state index in [0.29, 0.717) is 17.4 Å². The Morgan fingerprint density at radius 2 is 1.90 bits per heavy atom. The first-order chi connectivity index (χ1) is 14.7. The lowest BCUT2D eigenvalue weighted by molar-refractivity contribution is -0.0568. The molecule has 4 heterocycles. The molecular formula is C26H27ClN2O2. The first-order valence-electron chi connectivity index (χ1n) is 10.7. The number of halogens is 1. The van der Waals surface area contributed by atoms with Crippen LogP contribution >= 0.6 is 12.4 Å². The van der Waals surface area contributed by atoms with E-state index in [2.05, 4.69) is 28.6 Å².